The van der Waals surface area contributed by atoms with Crippen molar-refractivity contribution in [3.05, 3.63) is 38.4 Å². The van der Waals surface area contributed by atoms with Gasteiger partial charge in [0.15, 0.2) is 5.72 Å². The number of hydrogen-bond donors (Lipinski definition) is 2. The highest BCUT2D eigenvalue weighted by Crippen LogP contribution is 2.46. The van der Waals surface area contributed by atoms with Crippen molar-refractivity contribution in [1.82, 2.24) is 5.32 Å². The summed E-state index contributed by atoms with van der Waals surface area (Å²) in [5, 5.41) is 23.9. The average Bonchev–Trinajstić information content (AvgIpc) is 2.50. The number of fused-ring (bicyclic) bond motifs is 2. The summed E-state index contributed by atoms with van der Waals surface area (Å²) in [5.74, 6) is 0.241. The van der Waals surface area contributed by atoms with Crippen molar-refractivity contribution in [2.24, 2.45) is 0 Å². The predicted molar refractivity (Wildman–Crippen MR) is 83.0 cm³/mol. The normalized spacial score (nSPS) is 23.1. The maximum absolute atomic E-state index is 11.3. The van der Waals surface area contributed by atoms with E-state index in [1.807, 2.05) is 6.08 Å². The number of halogens is 1. The van der Waals surface area contributed by atoms with Crippen molar-refractivity contribution >= 4 is 23.4 Å². The third kappa shape index (κ3) is 2.58. The molecule has 0 saturated heterocycles. The summed E-state index contributed by atoms with van der Waals surface area (Å²) in [5.41, 5.74) is 0.800. The van der Waals surface area contributed by atoms with E-state index in [2.05, 4.69) is 5.32 Å². The van der Waals surface area contributed by atoms with Gasteiger partial charge in [-0.05, 0) is 37.0 Å². The van der Waals surface area contributed by atoms with E-state index in [1.54, 1.807) is 6.07 Å². The average molecular weight is 325 g/mol. The van der Waals surface area contributed by atoms with Gasteiger partial charge in [-0.3, -0.25) is 15.4 Å². The number of ether oxygens (including phenoxy) is 1. The van der Waals surface area contributed by atoms with Gasteiger partial charge in [-0.15, -0.1) is 0 Å². The quantitative estimate of drug-likeness (QED) is 0.657. The molecule has 1 aromatic carbocycles. The Balaban J connectivity index is 2.10. The summed E-state index contributed by atoms with van der Waals surface area (Å²) in [6, 6.07) is 2.99. The van der Waals surface area contributed by atoms with Crippen LogP contribution in [0.1, 0.15) is 31.2 Å². The fraction of sp³-hybridized carbons (Fsp3) is 0.467. The second-order valence-corrected chi connectivity index (χ2v) is 5.99. The van der Waals surface area contributed by atoms with Gasteiger partial charge in [-0.25, -0.2) is 0 Å². The molecule has 7 heteroatoms. The topological polar surface area (TPSA) is 84.6 Å². The van der Waals surface area contributed by atoms with Gasteiger partial charge < -0.3 is 9.84 Å². The van der Waals surface area contributed by atoms with Gasteiger partial charge in [-0.1, -0.05) is 11.6 Å². The smallest absolute Gasteiger partial charge is 0.313 e. The van der Waals surface area contributed by atoms with Crippen molar-refractivity contribution in [2.75, 3.05) is 13.2 Å². The number of rotatable bonds is 4. The molecule has 22 heavy (non-hydrogen) atoms. The molecule has 3 rings (SSSR count). The van der Waals surface area contributed by atoms with Crippen molar-refractivity contribution in [1.29, 1.82) is 0 Å². The summed E-state index contributed by atoms with van der Waals surface area (Å²) in [4.78, 5) is 10.8. The van der Waals surface area contributed by atoms with Gasteiger partial charge >= 0.3 is 5.69 Å². The number of aliphatic hydroxyl groups excluding tert-OH is 1. The molecule has 1 aliphatic carbocycles. The lowest BCUT2D eigenvalue weighted by molar-refractivity contribution is -0.386. The minimum absolute atomic E-state index is 0.0199. The van der Waals surface area contributed by atoms with Crippen LogP contribution in [0.3, 0.4) is 0 Å². The Morgan fingerprint density at radius 3 is 3.00 bits per heavy atom. The molecule has 1 saturated carbocycles. The Morgan fingerprint density at radius 2 is 2.27 bits per heavy atom. The first-order chi connectivity index (χ1) is 10.6. The largest absolute Gasteiger partial charge is 0.461 e. The lowest BCUT2D eigenvalue weighted by Crippen LogP contribution is -2.55. The number of nitrogens with zero attached hydrogens (tertiary/aromatic N) is 1. The summed E-state index contributed by atoms with van der Waals surface area (Å²) < 4.78 is 6.08. The minimum atomic E-state index is -0.757. The van der Waals surface area contributed by atoms with E-state index >= 15 is 0 Å². The van der Waals surface area contributed by atoms with Gasteiger partial charge in [0, 0.05) is 29.6 Å². The van der Waals surface area contributed by atoms with E-state index in [0.717, 1.165) is 31.3 Å². The Labute approximate surface area is 132 Å². The van der Waals surface area contributed by atoms with Gasteiger partial charge in [-0.2, -0.15) is 0 Å². The van der Waals surface area contributed by atoms with E-state index in [1.165, 1.54) is 6.07 Å². The zero-order valence-corrected chi connectivity index (χ0v) is 12.7. The van der Waals surface area contributed by atoms with Crippen LogP contribution in [0, 0.1) is 10.1 Å². The molecule has 2 aliphatic rings. The number of aliphatic hydroxyl groups is 1. The van der Waals surface area contributed by atoms with E-state index < -0.39 is 10.6 Å². The Kier molecular flexibility index (Phi) is 4.08. The molecule has 2 N–H and O–H groups in total. The zero-order chi connectivity index (χ0) is 15.7. The first kappa shape index (κ1) is 15.3. The SMILES string of the molecule is O=[N+]([O-])c1cc(Cl)cc2c1OC1(NCCO)CCCCC1=C2. The monoisotopic (exact) mass is 324 g/mol. The second-order valence-electron chi connectivity index (χ2n) is 5.56. The van der Waals surface area contributed by atoms with Crippen LogP contribution in [-0.4, -0.2) is 28.9 Å². The zero-order valence-electron chi connectivity index (χ0n) is 12.0. The highest BCUT2D eigenvalue weighted by atomic mass is 35.5. The van der Waals surface area contributed by atoms with Crippen LogP contribution in [0.2, 0.25) is 5.02 Å². The van der Waals surface area contributed by atoms with Gasteiger partial charge in [0.25, 0.3) is 0 Å². The molecule has 0 radical (unpaired) electrons. The minimum Gasteiger partial charge on any atom is -0.461 e. The van der Waals surface area contributed by atoms with Crippen LogP contribution >= 0.6 is 11.6 Å². The van der Waals surface area contributed by atoms with Crippen LogP contribution < -0.4 is 10.1 Å². The van der Waals surface area contributed by atoms with Gasteiger partial charge in [0.05, 0.1) is 11.5 Å². The van der Waals surface area contributed by atoms with Gasteiger partial charge in [0.1, 0.15) is 0 Å². The molecular weight excluding hydrogens is 308 g/mol. The van der Waals surface area contributed by atoms with Crippen LogP contribution in [0.15, 0.2) is 17.7 Å². The molecule has 1 atom stereocenters. The number of hydrogen-bond acceptors (Lipinski definition) is 5. The standard InChI is InChI=1S/C15H17ClN2O4/c16-12-8-10-7-11-3-1-2-4-15(11,17-5-6-19)22-14(10)13(9-12)18(20)21/h7-9,17,19H,1-6H2. The van der Waals surface area contributed by atoms with Crippen LogP contribution in [0.25, 0.3) is 6.08 Å². The summed E-state index contributed by atoms with van der Waals surface area (Å²) >= 11 is 5.98. The molecule has 118 valence electrons. The third-order valence-electron chi connectivity index (χ3n) is 4.13. The molecule has 1 aromatic rings. The molecule has 0 spiro atoms. The highest BCUT2D eigenvalue weighted by molar-refractivity contribution is 6.31. The molecule has 1 fully saturated rings. The maximum Gasteiger partial charge on any atom is 0.313 e. The fourth-order valence-corrected chi connectivity index (χ4v) is 3.39. The van der Waals surface area contributed by atoms with Crippen LogP contribution in [0.4, 0.5) is 5.69 Å². The van der Waals surface area contributed by atoms with E-state index in [-0.39, 0.29) is 18.0 Å². The van der Waals surface area contributed by atoms with Crippen molar-refractivity contribution in [3.8, 4) is 5.75 Å². The predicted octanol–water partition coefficient (Wildman–Crippen LogP) is 2.88. The van der Waals surface area contributed by atoms with E-state index in [0.29, 0.717) is 17.1 Å². The number of nitro groups is 1. The first-order valence-corrected chi connectivity index (χ1v) is 7.67. The molecule has 1 unspecified atom stereocenters. The van der Waals surface area contributed by atoms with E-state index in [4.69, 9.17) is 21.4 Å². The van der Waals surface area contributed by atoms with Crippen molar-refractivity contribution in [2.45, 2.75) is 31.4 Å². The second kappa shape index (κ2) is 5.87. The Morgan fingerprint density at radius 1 is 1.45 bits per heavy atom. The molecule has 0 aromatic heterocycles. The van der Waals surface area contributed by atoms with Gasteiger partial charge in [0.2, 0.25) is 5.75 Å². The molecule has 1 heterocycles. The lowest BCUT2D eigenvalue weighted by Gasteiger charge is -2.43. The van der Waals surface area contributed by atoms with Crippen LogP contribution in [-0.2, 0) is 0 Å². The van der Waals surface area contributed by atoms with Crippen LogP contribution in [0.5, 0.6) is 5.75 Å². The lowest BCUT2D eigenvalue weighted by atomic mass is 9.83. The Bertz CT molecular complexity index is 647. The number of nitro benzene ring substituents is 1. The fourth-order valence-electron chi connectivity index (χ4n) is 3.17. The molecular formula is C15H17ClN2O4. The summed E-state index contributed by atoms with van der Waals surface area (Å²) in [7, 11) is 0. The van der Waals surface area contributed by atoms with Crippen molar-refractivity contribution < 1.29 is 14.8 Å². The maximum atomic E-state index is 11.3. The third-order valence-corrected chi connectivity index (χ3v) is 4.35. The van der Waals surface area contributed by atoms with E-state index in [9.17, 15) is 10.1 Å². The first-order valence-electron chi connectivity index (χ1n) is 7.29. The summed E-state index contributed by atoms with van der Waals surface area (Å²) in [6.07, 6.45) is 5.53. The number of nitrogens with one attached hydrogen (secondary N) is 1. The Hall–Kier alpha value is -1.63. The molecule has 1 aliphatic heterocycles. The summed E-state index contributed by atoms with van der Waals surface area (Å²) in [6.45, 7) is 0.349. The highest BCUT2D eigenvalue weighted by Gasteiger charge is 2.43. The molecule has 0 bridgehead atoms. The van der Waals surface area contributed by atoms with Crippen molar-refractivity contribution in [3.63, 3.8) is 0 Å². The molecule has 6 nitrogen and oxygen atoms in total. The molecule has 0 amide bonds. The number of benzene rings is 1.